The van der Waals surface area contributed by atoms with Crippen molar-refractivity contribution < 1.29 is 56.8 Å². The summed E-state index contributed by atoms with van der Waals surface area (Å²) in [6.07, 6.45) is 43.0. The van der Waals surface area contributed by atoms with E-state index in [0.29, 0.717) is 19.3 Å². The van der Waals surface area contributed by atoms with Gasteiger partial charge < -0.3 is 34.3 Å². The summed E-state index contributed by atoms with van der Waals surface area (Å²) in [4.78, 5) is 25.5. The van der Waals surface area contributed by atoms with E-state index in [1.807, 2.05) is 6.08 Å². The predicted octanol–water partition coefficient (Wildman–Crippen LogP) is 11.9. The average Bonchev–Trinajstić information content (AvgIpc) is 3.28. The molecule has 0 bridgehead atoms. The van der Waals surface area contributed by atoms with Gasteiger partial charge in [-0.05, 0) is 70.6 Å². The first-order chi connectivity index (χ1) is 32.0. The molecule has 0 radical (unpaired) electrons. The number of carbonyl (C=O) groups is 2. The van der Waals surface area contributed by atoms with Crippen LogP contribution in [0.15, 0.2) is 48.6 Å². The van der Waals surface area contributed by atoms with Crippen LogP contribution in [-0.2, 0) is 38.7 Å². The minimum absolute atomic E-state index is 0.147. The number of unbranched alkanes of at least 4 members (excludes halogenated alkanes) is 24. The van der Waals surface area contributed by atoms with Crippen molar-refractivity contribution in [3.63, 3.8) is 0 Å². The third-order valence-corrected chi connectivity index (χ3v) is 12.6. The SMILES string of the molecule is CCCCCCCC/C=C/C/C=C/C/C=C/CCCC(=O)OC[C@H](CO[C@H]1O[C@H](CS(=O)(=O)O)[C@@H](O)C(O)C1O)OC(=O)CCCCCCCCCCCCC/C=C/CCCCCCCC. The molecule has 0 aromatic rings. The Hall–Kier alpha value is -2.39. The van der Waals surface area contributed by atoms with Crippen molar-refractivity contribution in [1.29, 1.82) is 0 Å². The maximum Gasteiger partial charge on any atom is 0.306 e. The fourth-order valence-electron chi connectivity index (χ4n) is 7.81. The van der Waals surface area contributed by atoms with Crippen molar-refractivity contribution in [1.82, 2.24) is 0 Å². The van der Waals surface area contributed by atoms with Gasteiger partial charge in [-0.25, -0.2) is 0 Å². The van der Waals surface area contributed by atoms with Gasteiger partial charge in [-0.1, -0.05) is 184 Å². The van der Waals surface area contributed by atoms with Gasteiger partial charge >= 0.3 is 11.9 Å². The van der Waals surface area contributed by atoms with Gasteiger partial charge in [0.1, 0.15) is 36.8 Å². The van der Waals surface area contributed by atoms with Gasteiger partial charge in [0.25, 0.3) is 10.1 Å². The molecule has 1 aliphatic rings. The molecule has 1 heterocycles. The summed E-state index contributed by atoms with van der Waals surface area (Å²) >= 11 is 0. The molecule has 66 heavy (non-hydrogen) atoms. The van der Waals surface area contributed by atoms with Crippen LogP contribution in [0.2, 0.25) is 0 Å². The summed E-state index contributed by atoms with van der Waals surface area (Å²) in [5.41, 5.74) is 0. The fourth-order valence-corrected chi connectivity index (χ4v) is 8.50. The number of carbonyl (C=O) groups excluding carboxylic acids is 2. The molecule has 4 N–H and O–H groups in total. The van der Waals surface area contributed by atoms with E-state index in [9.17, 15) is 37.9 Å². The summed E-state index contributed by atoms with van der Waals surface area (Å²) in [5.74, 6) is -2.05. The molecule has 0 spiro atoms. The second-order valence-electron chi connectivity index (χ2n) is 18.2. The number of hydrogen-bond acceptors (Lipinski definition) is 11. The van der Waals surface area contributed by atoms with Gasteiger partial charge in [-0.3, -0.25) is 14.1 Å². The molecule has 384 valence electrons. The number of allylic oxidation sites excluding steroid dienone is 8. The highest BCUT2D eigenvalue weighted by Crippen LogP contribution is 2.24. The average molecular weight is 955 g/mol. The number of rotatable bonds is 44. The summed E-state index contributed by atoms with van der Waals surface area (Å²) in [5, 5.41) is 31.0. The normalized spacial score (nSPS) is 19.8. The zero-order valence-electron chi connectivity index (χ0n) is 41.3. The van der Waals surface area contributed by atoms with Crippen LogP contribution in [0.5, 0.6) is 0 Å². The van der Waals surface area contributed by atoms with Crippen molar-refractivity contribution in [2.45, 2.75) is 256 Å². The standard InChI is InChI=1S/C53H94O12S/c1-3-5-7-9-11-13-15-17-19-21-22-23-24-26-28-30-32-34-36-38-40-42-49(55)64-46(44-63-53-52(58)51(57)50(56)47(65-53)45-66(59,60)61)43-62-48(54)41-39-37-35-33-31-29-27-25-20-18-16-14-12-10-8-6-4-2/h17-20,27,29,33,35,46-47,50-53,56-58H,3-16,21-26,28,30-32,34,36-45H2,1-2H3,(H,59,60,61)/b19-17+,20-18+,29-27+,35-33+/t46-,47-,50-,51?,52?,53+/m1/s1. The third kappa shape index (κ3) is 36.6. The van der Waals surface area contributed by atoms with Crippen molar-refractivity contribution in [2.24, 2.45) is 0 Å². The van der Waals surface area contributed by atoms with E-state index in [1.165, 1.54) is 135 Å². The van der Waals surface area contributed by atoms with Crippen LogP contribution in [0.1, 0.15) is 219 Å². The fraction of sp³-hybridized carbons (Fsp3) is 0.811. The van der Waals surface area contributed by atoms with E-state index >= 15 is 0 Å². The highest BCUT2D eigenvalue weighted by molar-refractivity contribution is 7.85. The van der Waals surface area contributed by atoms with Gasteiger partial charge in [-0.2, -0.15) is 8.42 Å². The molecule has 0 saturated carbocycles. The molecule has 0 amide bonds. The lowest BCUT2D eigenvalue weighted by molar-refractivity contribution is -0.297. The highest BCUT2D eigenvalue weighted by atomic mass is 32.2. The first-order valence-electron chi connectivity index (χ1n) is 26.2. The first kappa shape index (κ1) is 61.6. The molecule has 1 fully saturated rings. The van der Waals surface area contributed by atoms with Gasteiger partial charge in [-0.15, -0.1) is 0 Å². The lowest BCUT2D eigenvalue weighted by Gasteiger charge is -2.40. The maximum absolute atomic E-state index is 12.9. The Morgan fingerprint density at radius 1 is 0.515 bits per heavy atom. The van der Waals surface area contributed by atoms with Crippen molar-refractivity contribution in [2.75, 3.05) is 19.0 Å². The van der Waals surface area contributed by atoms with Crippen molar-refractivity contribution >= 4 is 22.1 Å². The molecule has 13 heteroatoms. The Morgan fingerprint density at radius 3 is 1.41 bits per heavy atom. The van der Waals surface area contributed by atoms with Crippen LogP contribution in [0.3, 0.4) is 0 Å². The molecule has 1 saturated heterocycles. The van der Waals surface area contributed by atoms with Gasteiger partial charge in [0.2, 0.25) is 0 Å². The Morgan fingerprint density at radius 2 is 0.924 bits per heavy atom. The topological polar surface area (TPSA) is 186 Å². The number of ether oxygens (including phenoxy) is 4. The summed E-state index contributed by atoms with van der Waals surface area (Å²) in [7, 11) is -4.61. The predicted molar refractivity (Wildman–Crippen MR) is 266 cm³/mol. The van der Waals surface area contributed by atoms with E-state index in [1.54, 1.807) is 0 Å². The van der Waals surface area contributed by atoms with E-state index < -0.39 is 71.2 Å². The minimum Gasteiger partial charge on any atom is -0.462 e. The van der Waals surface area contributed by atoms with Crippen LogP contribution in [0.25, 0.3) is 0 Å². The molecule has 6 atom stereocenters. The number of esters is 2. The number of hydrogen-bond donors (Lipinski definition) is 4. The molecule has 0 aliphatic carbocycles. The largest absolute Gasteiger partial charge is 0.462 e. The van der Waals surface area contributed by atoms with E-state index in [-0.39, 0.29) is 19.4 Å². The zero-order chi connectivity index (χ0) is 48.4. The second kappa shape index (κ2) is 42.7. The molecular formula is C53H94O12S. The molecule has 1 aliphatic heterocycles. The van der Waals surface area contributed by atoms with E-state index in [0.717, 1.165) is 38.5 Å². The maximum atomic E-state index is 12.9. The Balaban J connectivity index is 2.40. The van der Waals surface area contributed by atoms with Crippen molar-refractivity contribution in [3.05, 3.63) is 48.6 Å². The Kier molecular flexibility index (Phi) is 39.9. The van der Waals surface area contributed by atoms with Gasteiger partial charge in [0, 0.05) is 12.8 Å². The summed E-state index contributed by atoms with van der Waals surface area (Å²) in [6.45, 7) is 3.73. The molecule has 12 nitrogen and oxygen atoms in total. The highest BCUT2D eigenvalue weighted by Gasteiger charge is 2.46. The van der Waals surface area contributed by atoms with Crippen LogP contribution in [0, 0.1) is 0 Å². The molecule has 1 rings (SSSR count). The first-order valence-corrected chi connectivity index (χ1v) is 27.8. The van der Waals surface area contributed by atoms with Gasteiger partial charge in [0.05, 0.1) is 6.61 Å². The van der Waals surface area contributed by atoms with Crippen LogP contribution >= 0.6 is 0 Å². The molecular weight excluding hydrogens is 861 g/mol. The van der Waals surface area contributed by atoms with Gasteiger partial charge in [0.15, 0.2) is 12.4 Å². The third-order valence-electron chi connectivity index (χ3n) is 11.9. The quantitative estimate of drug-likeness (QED) is 0.0196. The smallest absolute Gasteiger partial charge is 0.306 e. The monoisotopic (exact) mass is 955 g/mol. The number of aliphatic hydroxyl groups is 3. The molecule has 0 aromatic carbocycles. The van der Waals surface area contributed by atoms with E-state index in [4.69, 9.17) is 18.9 Å². The number of aliphatic hydroxyl groups excluding tert-OH is 3. The lowest BCUT2D eigenvalue weighted by Crippen LogP contribution is -2.60. The molecule has 2 unspecified atom stereocenters. The van der Waals surface area contributed by atoms with Crippen LogP contribution in [0.4, 0.5) is 0 Å². The van der Waals surface area contributed by atoms with Crippen molar-refractivity contribution in [3.8, 4) is 0 Å². The zero-order valence-corrected chi connectivity index (χ0v) is 42.1. The minimum atomic E-state index is -4.61. The Bertz CT molecular complexity index is 1400. The molecule has 0 aromatic heterocycles. The summed E-state index contributed by atoms with van der Waals surface area (Å²) < 4.78 is 54.2. The second-order valence-corrected chi connectivity index (χ2v) is 19.7. The summed E-state index contributed by atoms with van der Waals surface area (Å²) in [6, 6.07) is 0. The van der Waals surface area contributed by atoms with Crippen LogP contribution < -0.4 is 0 Å². The van der Waals surface area contributed by atoms with Crippen LogP contribution in [-0.4, -0.2) is 96.0 Å². The Labute approximate surface area is 401 Å². The lowest BCUT2D eigenvalue weighted by atomic mass is 10.00. The van der Waals surface area contributed by atoms with E-state index in [2.05, 4.69) is 56.4 Å².